The van der Waals surface area contributed by atoms with Crippen molar-refractivity contribution >= 4 is 23.5 Å². The van der Waals surface area contributed by atoms with Gasteiger partial charge >= 0.3 is 0 Å². The van der Waals surface area contributed by atoms with Gasteiger partial charge in [-0.05, 0) is 88.5 Å². The van der Waals surface area contributed by atoms with Gasteiger partial charge in [-0.1, -0.05) is 79.4 Å². The molecule has 0 aliphatic heterocycles. The number of benzene rings is 2. The first-order valence-corrected chi connectivity index (χ1v) is 18.6. The normalized spacial score (nSPS) is 18.9. The Bertz CT molecular complexity index is 1140. The first-order chi connectivity index (χ1) is 20.1. The lowest BCUT2D eigenvalue weighted by molar-refractivity contribution is 0.125. The third kappa shape index (κ3) is 11.0. The Morgan fingerprint density at radius 2 is 0.909 bits per heavy atom. The maximum atomic E-state index is 11.3. The van der Waals surface area contributed by atoms with Gasteiger partial charge in [-0.15, -0.1) is 0 Å². The Morgan fingerprint density at radius 1 is 0.568 bits per heavy atom. The van der Waals surface area contributed by atoms with E-state index in [-0.39, 0.29) is 22.3 Å². The Morgan fingerprint density at radius 3 is 1.20 bits per heavy atom. The van der Waals surface area contributed by atoms with Gasteiger partial charge in [-0.3, -0.25) is 0 Å². The number of phenols is 2. The van der Waals surface area contributed by atoms with E-state index in [1.165, 1.54) is 49.7 Å². The fourth-order valence-corrected chi connectivity index (χ4v) is 8.49. The molecule has 2 aromatic rings. The average Bonchev–Trinajstić information content (AvgIpc) is 2.84. The quantitative estimate of drug-likeness (QED) is 0.298. The lowest BCUT2D eigenvalue weighted by Crippen LogP contribution is -2.24. The van der Waals surface area contributed by atoms with E-state index in [0.29, 0.717) is 22.0 Å². The highest BCUT2D eigenvalue weighted by Crippen LogP contribution is 2.44. The van der Waals surface area contributed by atoms with Gasteiger partial charge in [0.25, 0.3) is 0 Å². The fourth-order valence-electron chi connectivity index (χ4n) is 5.42. The molecule has 1 fully saturated rings. The van der Waals surface area contributed by atoms with Crippen molar-refractivity contribution in [2.75, 3.05) is 0 Å². The number of ether oxygens (including phenoxy) is 2. The molecule has 0 radical (unpaired) electrons. The zero-order chi connectivity index (χ0) is 33.1. The first-order valence-electron chi connectivity index (χ1n) is 16.5. The first kappa shape index (κ1) is 36.8. The largest absolute Gasteiger partial charge is 0.504 e. The second kappa shape index (κ2) is 14.4. The number of thioether (sulfide) groups is 2. The summed E-state index contributed by atoms with van der Waals surface area (Å²) >= 11 is 3.95. The molecule has 0 bridgehead atoms. The second-order valence-corrected chi connectivity index (χ2v) is 19.0. The van der Waals surface area contributed by atoms with Crippen LogP contribution in [0.1, 0.15) is 144 Å². The highest BCUT2D eigenvalue weighted by Gasteiger charge is 2.28. The predicted molar refractivity (Wildman–Crippen MR) is 192 cm³/mol. The fraction of sp³-hybridized carbons (Fsp3) is 0.684. The van der Waals surface area contributed by atoms with Gasteiger partial charge < -0.3 is 19.7 Å². The lowest BCUT2D eigenvalue weighted by atomic mass is 9.86. The van der Waals surface area contributed by atoms with Crippen LogP contribution in [0.25, 0.3) is 0 Å². The SMILES string of the molecule is CC(C)(C)Oc1cc(C(C)(C)C)cc(CS[C@H]2CCCCCC[C@@H]2SCc2cc(C(C)(C)C)cc(OC(C)(C)C)c2O)c1O. The maximum absolute atomic E-state index is 11.3. The van der Waals surface area contributed by atoms with Crippen molar-refractivity contribution in [2.24, 2.45) is 0 Å². The van der Waals surface area contributed by atoms with Crippen LogP contribution in [0.4, 0.5) is 0 Å². The van der Waals surface area contributed by atoms with Gasteiger partial charge in [0.05, 0.1) is 0 Å². The zero-order valence-electron chi connectivity index (χ0n) is 29.6. The molecule has 44 heavy (non-hydrogen) atoms. The van der Waals surface area contributed by atoms with Crippen LogP contribution in [0.2, 0.25) is 0 Å². The monoisotopic (exact) mass is 644 g/mol. The molecule has 0 unspecified atom stereocenters. The third-order valence-electron chi connectivity index (χ3n) is 7.92. The molecule has 4 nitrogen and oxygen atoms in total. The van der Waals surface area contributed by atoms with E-state index in [2.05, 4.69) is 53.7 Å². The predicted octanol–water partition coefficient (Wildman–Crippen LogP) is 11.3. The van der Waals surface area contributed by atoms with Crippen LogP contribution < -0.4 is 9.47 Å². The van der Waals surface area contributed by atoms with E-state index in [1.54, 1.807) is 0 Å². The highest BCUT2D eigenvalue weighted by molar-refractivity contribution is 8.03. The highest BCUT2D eigenvalue weighted by atomic mass is 32.2. The van der Waals surface area contributed by atoms with Crippen molar-refractivity contribution in [1.29, 1.82) is 0 Å². The number of aromatic hydroxyl groups is 2. The summed E-state index contributed by atoms with van der Waals surface area (Å²) in [4.78, 5) is 0. The van der Waals surface area contributed by atoms with Crippen LogP contribution in [-0.2, 0) is 22.3 Å². The summed E-state index contributed by atoms with van der Waals surface area (Å²) in [6.07, 6.45) is 7.36. The average molecular weight is 645 g/mol. The number of hydrogen-bond donors (Lipinski definition) is 2. The summed E-state index contributed by atoms with van der Waals surface area (Å²) in [6.45, 7) is 25.4. The molecule has 2 N–H and O–H groups in total. The Kier molecular flexibility index (Phi) is 12.0. The minimum absolute atomic E-state index is 0.0547. The van der Waals surface area contributed by atoms with Crippen molar-refractivity contribution in [1.82, 2.24) is 0 Å². The van der Waals surface area contributed by atoms with Crippen molar-refractivity contribution in [3.05, 3.63) is 46.5 Å². The van der Waals surface area contributed by atoms with Crippen molar-refractivity contribution < 1.29 is 19.7 Å². The summed E-state index contributed by atoms with van der Waals surface area (Å²) in [6, 6.07) is 8.38. The van der Waals surface area contributed by atoms with Crippen molar-refractivity contribution in [2.45, 2.75) is 166 Å². The van der Waals surface area contributed by atoms with Gasteiger partial charge in [0.15, 0.2) is 23.0 Å². The van der Waals surface area contributed by atoms with Crippen molar-refractivity contribution in [3.63, 3.8) is 0 Å². The minimum Gasteiger partial charge on any atom is -0.504 e. The van der Waals surface area contributed by atoms with Crippen molar-refractivity contribution in [3.8, 4) is 23.0 Å². The second-order valence-electron chi connectivity index (χ2n) is 16.6. The van der Waals surface area contributed by atoms with Crippen LogP contribution in [0, 0.1) is 0 Å². The number of rotatable bonds is 8. The molecule has 0 saturated heterocycles. The van der Waals surface area contributed by atoms with E-state index in [0.717, 1.165) is 22.6 Å². The van der Waals surface area contributed by atoms with E-state index >= 15 is 0 Å². The maximum Gasteiger partial charge on any atom is 0.162 e. The molecular weight excluding hydrogens is 585 g/mol. The molecule has 6 heteroatoms. The summed E-state index contributed by atoms with van der Waals surface area (Å²) in [5, 5.41) is 23.6. The third-order valence-corrected chi connectivity index (χ3v) is 11.0. The van der Waals surface area contributed by atoms with Crippen LogP contribution in [0.3, 0.4) is 0 Å². The number of hydrogen-bond acceptors (Lipinski definition) is 6. The van der Waals surface area contributed by atoms with Crippen LogP contribution >= 0.6 is 23.5 Å². The zero-order valence-corrected chi connectivity index (χ0v) is 31.3. The molecule has 0 spiro atoms. The molecule has 0 heterocycles. The van der Waals surface area contributed by atoms with Gasteiger partial charge in [-0.25, -0.2) is 0 Å². The molecule has 0 amide bonds. The molecule has 1 saturated carbocycles. The lowest BCUT2D eigenvalue weighted by Gasteiger charge is -2.30. The molecule has 1 aliphatic carbocycles. The molecule has 0 aromatic heterocycles. The topological polar surface area (TPSA) is 58.9 Å². The summed E-state index contributed by atoms with van der Waals surface area (Å²) in [5.74, 6) is 3.17. The van der Waals surface area contributed by atoms with E-state index in [1.807, 2.05) is 77.2 Å². The molecule has 2 aromatic carbocycles. The molecule has 248 valence electrons. The van der Waals surface area contributed by atoms with E-state index in [4.69, 9.17) is 9.47 Å². The van der Waals surface area contributed by atoms with Gasteiger partial charge in [-0.2, -0.15) is 23.5 Å². The van der Waals surface area contributed by atoms with Gasteiger partial charge in [0, 0.05) is 33.1 Å². The molecular formula is C38H60O4S2. The van der Waals surface area contributed by atoms with E-state index in [9.17, 15) is 10.2 Å². The Balaban J connectivity index is 1.88. The molecule has 1 aliphatic rings. The number of phenolic OH excluding ortho intramolecular Hbond substituents is 2. The molecule has 3 rings (SSSR count). The summed E-state index contributed by atoms with van der Waals surface area (Å²) < 4.78 is 12.5. The molecule has 2 atom stereocenters. The van der Waals surface area contributed by atoms with Gasteiger partial charge in [0.1, 0.15) is 11.2 Å². The van der Waals surface area contributed by atoms with Crippen LogP contribution in [0.5, 0.6) is 23.0 Å². The summed E-state index contributed by atoms with van der Waals surface area (Å²) in [5.41, 5.74) is 3.36. The smallest absolute Gasteiger partial charge is 0.162 e. The Labute approximate surface area is 277 Å². The summed E-state index contributed by atoms with van der Waals surface area (Å²) in [7, 11) is 0. The van der Waals surface area contributed by atoms with Gasteiger partial charge in [0.2, 0.25) is 0 Å². The minimum atomic E-state index is -0.396. The standard InChI is InChI=1S/C38H60O4S2/c1-35(2,3)27-19-25(33(39)29(21-27)41-37(7,8)9)23-43-31-17-15-13-14-16-18-32(31)44-24-26-20-28(36(4,5)6)22-30(34(26)40)42-38(10,11)12/h19-22,31-32,39-40H,13-18,23-24H2,1-12H3/t31-,32-/m0/s1. The van der Waals surface area contributed by atoms with Crippen LogP contribution in [-0.4, -0.2) is 31.9 Å². The van der Waals surface area contributed by atoms with Crippen LogP contribution in [0.15, 0.2) is 24.3 Å². The van der Waals surface area contributed by atoms with E-state index < -0.39 is 11.2 Å². The Hall–Kier alpha value is -1.66.